The summed E-state index contributed by atoms with van der Waals surface area (Å²) in [5.41, 5.74) is 4.07. The van der Waals surface area contributed by atoms with Gasteiger partial charge >= 0.3 is 0 Å². The van der Waals surface area contributed by atoms with E-state index >= 15 is 0 Å². The fraction of sp³-hybridized carbons (Fsp3) is 0.440. The van der Waals surface area contributed by atoms with E-state index in [2.05, 4.69) is 54.6 Å². The summed E-state index contributed by atoms with van der Waals surface area (Å²) in [5.74, 6) is 1.03. The lowest BCUT2D eigenvalue weighted by Gasteiger charge is -2.30. The third-order valence-electron chi connectivity index (χ3n) is 6.02. The number of pyridine rings is 1. The molecule has 1 saturated carbocycles. The lowest BCUT2D eigenvalue weighted by atomic mass is 9.82. The van der Waals surface area contributed by atoms with Crippen LogP contribution >= 0.6 is 0 Å². The highest BCUT2D eigenvalue weighted by Crippen LogP contribution is 2.34. The Morgan fingerprint density at radius 1 is 1.10 bits per heavy atom. The van der Waals surface area contributed by atoms with E-state index < -0.39 is 0 Å². The maximum atomic E-state index is 13.1. The van der Waals surface area contributed by atoms with Crippen LogP contribution in [0, 0.1) is 5.92 Å². The summed E-state index contributed by atoms with van der Waals surface area (Å²) >= 11 is 0. The van der Waals surface area contributed by atoms with Gasteiger partial charge in [0.15, 0.2) is 0 Å². The SMILES string of the molecule is CC(C)Cn1cc(-c2ccn(C)n2)cc(N[C@H]2CC[C@@H](c3ccccc3)CC2)c1=O. The average molecular weight is 405 g/mol. The lowest BCUT2D eigenvalue weighted by Crippen LogP contribution is -2.31. The van der Waals surface area contributed by atoms with E-state index in [1.807, 2.05) is 36.1 Å². The molecule has 0 saturated heterocycles. The molecule has 30 heavy (non-hydrogen) atoms. The number of hydrogen-bond acceptors (Lipinski definition) is 3. The number of anilines is 1. The minimum Gasteiger partial charge on any atom is -0.378 e. The molecular weight excluding hydrogens is 372 g/mol. The molecule has 0 aliphatic heterocycles. The van der Waals surface area contributed by atoms with E-state index in [0.29, 0.717) is 30.1 Å². The van der Waals surface area contributed by atoms with E-state index in [-0.39, 0.29) is 5.56 Å². The molecular formula is C25H32N4O. The first-order chi connectivity index (χ1) is 14.5. The summed E-state index contributed by atoms with van der Waals surface area (Å²) < 4.78 is 3.64. The van der Waals surface area contributed by atoms with Crippen molar-refractivity contribution < 1.29 is 0 Å². The molecule has 1 N–H and O–H groups in total. The number of aromatic nitrogens is 3. The molecule has 0 spiro atoms. The number of hydrogen-bond donors (Lipinski definition) is 1. The second-order valence-electron chi connectivity index (χ2n) is 8.97. The molecule has 2 aromatic heterocycles. The van der Waals surface area contributed by atoms with Gasteiger partial charge in [-0.15, -0.1) is 0 Å². The molecule has 1 fully saturated rings. The normalized spacial score (nSPS) is 19.2. The lowest BCUT2D eigenvalue weighted by molar-refractivity contribution is 0.411. The van der Waals surface area contributed by atoms with Crippen LogP contribution in [0.25, 0.3) is 11.3 Å². The number of benzene rings is 1. The second kappa shape index (κ2) is 8.90. The maximum Gasteiger partial charge on any atom is 0.273 e. The average Bonchev–Trinajstić information content (AvgIpc) is 3.18. The molecule has 5 nitrogen and oxygen atoms in total. The van der Waals surface area contributed by atoms with Crippen LogP contribution in [0.2, 0.25) is 0 Å². The highest BCUT2D eigenvalue weighted by molar-refractivity contribution is 5.63. The summed E-state index contributed by atoms with van der Waals surface area (Å²) in [6.07, 6.45) is 8.35. The van der Waals surface area contributed by atoms with Gasteiger partial charge in [0.05, 0.1) is 5.69 Å². The number of nitrogens with one attached hydrogen (secondary N) is 1. The predicted octanol–water partition coefficient (Wildman–Crippen LogP) is 5.04. The molecule has 1 aliphatic carbocycles. The smallest absolute Gasteiger partial charge is 0.273 e. The van der Waals surface area contributed by atoms with Gasteiger partial charge in [0.25, 0.3) is 5.56 Å². The van der Waals surface area contributed by atoms with Gasteiger partial charge in [-0.25, -0.2) is 0 Å². The van der Waals surface area contributed by atoms with Crippen molar-refractivity contribution in [3.8, 4) is 11.3 Å². The van der Waals surface area contributed by atoms with Gasteiger partial charge in [0.1, 0.15) is 5.69 Å². The summed E-state index contributed by atoms with van der Waals surface area (Å²) in [4.78, 5) is 13.1. The Labute approximate surface area is 178 Å². The van der Waals surface area contributed by atoms with E-state index in [1.165, 1.54) is 5.56 Å². The van der Waals surface area contributed by atoms with Crippen molar-refractivity contribution in [2.45, 2.75) is 58.0 Å². The van der Waals surface area contributed by atoms with E-state index in [9.17, 15) is 4.79 Å². The van der Waals surface area contributed by atoms with Crippen molar-refractivity contribution in [1.29, 1.82) is 0 Å². The molecule has 0 bridgehead atoms. The second-order valence-corrected chi connectivity index (χ2v) is 8.97. The highest BCUT2D eigenvalue weighted by Gasteiger charge is 2.23. The Kier molecular flexibility index (Phi) is 6.07. The van der Waals surface area contributed by atoms with Crippen LogP contribution in [0.15, 0.2) is 59.7 Å². The van der Waals surface area contributed by atoms with Crippen molar-refractivity contribution in [2.24, 2.45) is 13.0 Å². The summed E-state index contributed by atoms with van der Waals surface area (Å²) in [6, 6.07) is 15.1. The van der Waals surface area contributed by atoms with Gasteiger partial charge in [-0.1, -0.05) is 44.2 Å². The highest BCUT2D eigenvalue weighted by atomic mass is 16.1. The first-order valence-electron chi connectivity index (χ1n) is 11.1. The molecule has 2 heterocycles. The number of aryl methyl sites for hydroxylation is 1. The maximum absolute atomic E-state index is 13.1. The van der Waals surface area contributed by atoms with Crippen LogP contribution in [0.4, 0.5) is 5.69 Å². The van der Waals surface area contributed by atoms with Crippen molar-refractivity contribution in [1.82, 2.24) is 14.3 Å². The summed E-state index contributed by atoms with van der Waals surface area (Å²) in [5, 5.41) is 8.12. The van der Waals surface area contributed by atoms with Crippen LogP contribution in [0.1, 0.15) is 51.0 Å². The first-order valence-corrected chi connectivity index (χ1v) is 11.1. The Hall–Kier alpha value is -2.82. The Morgan fingerprint density at radius 2 is 1.83 bits per heavy atom. The Morgan fingerprint density at radius 3 is 2.47 bits per heavy atom. The molecule has 1 aromatic carbocycles. The fourth-order valence-electron chi connectivity index (χ4n) is 4.49. The minimum absolute atomic E-state index is 0.0635. The molecule has 0 atom stereocenters. The van der Waals surface area contributed by atoms with Crippen molar-refractivity contribution in [3.63, 3.8) is 0 Å². The number of nitrogens with zero attached hydrogens (tertiary/aromatic N) is 3. The van der Waals surface area contributed by atoms with E-state index in [0.717, 1.165) is 36.9 Å². The van der Waals surface area contributed by atoms with Gasteiger partial charge < -0.3 is 9.88 Å². The van der Waals surface area contributed by atoms with Crippen LogP contribution in [-0.4, -0.2) is 20.4 Å². The topological polar surface area (TPSA) is 51.9 Å². The molecule has 158 valence electrons. The van der Waals surface area contributed by atoms with Gasteiger partial charge in [-0.05, 0) is 55.2 Å². The molecule has 0 radical (unpaired) electrons. The van der Waals surface area contributed by atoms with Crippen molar-refractivity contribution in [2.75, 3.05) is 5.32 Å². The van der Waals surface area contributed by atoms with Gasteiger partial charge in [-0.3, -0.25) is 9.48 Å². The van der Waals surface area contributed by atoms with Crippen LogP contribution < -0.4 is 10.9 Å². The zero-order chi connectivity index (χ0) is 21.1. The quantitative estimate of drug-likeness (QED) is 0.626. The summed E-state index contributed by atoms with van der Waals surface area (Å²) in [6.45, 7) is 4.98. The first kappa shape index (κ1) is 20.5. The van der Waals surface area contributed by atoms with Crippen molar-refractivity contribution >= 4 is 5.69 Å². The minimum atomic E-state index is 0.0635. The molecule has 1 aliphatic rings. The van der Waals surface area contributed by atoms with Crippen LogP contribution in [0.3, 0.4) is 0 Å². The standard InChI is InChI=1S/C25H32N4O/c1-18(2)16-29-17-21(23-13-14-28(3)27-23)15-24(25(29)30)26-22-11-9-20(10-12-22)19-7-5-4-6-8-19/h4-8,13-15,17-18,20,22,26H,9-12,16H2,1-3H3/t20-,22+. The molecule has 3 aromatic rings. The molecule has 4 rings (SSSR count). The van der Waals surface area contributed by atoms with Crippen molar-refractivity contribution in [3.05, 3.63) is 70.8 Å². The van der Waals surface area contributed by atoms with Gasteiger partial charge in [0.2, 0.25) is 0 Å². The van der Waals surface area contributed by atoms with Crippen LogP contribution in [0.5, 0.6) is 0 Å². The third-order valence-corrected chi connectivity index (χ3v) is 6.02. The Bertz CT molecular complexity index is 1030. The number of rotatable bonds is 6. The monoisotopic (exact) mass is 404 g/mol. The van der Waals surface area contributed by atoms with E-state index in [4.69, 9.17) is 0 Å². The summed E-state index contributed by atoms with van der Waals surface area (Å²) in [7, 11) is 1.91. The van der Waals surface area contributed by atoms with Gasteiger partial charge in [-0.2, -0.15) is 5.10 Å². The predicted molar refractivity (Wildman–Crippen MR) is 123 cm³/mol. The Balaban J connectivity index is 1.54. The van der Waals surface area contributed by atoms with E-state index in [1.54, 1.807) is 4.68 Å². The molecule has 0 unspecified atom stereocenters. The molecule has 0 amide bonds. The zero-order valence-corrected chi connectivity index (χ0v) is 18.2. The fourth-order valence-corrected chi connectivity index (χ4v) is 4.49. The molecule has 5 heteroatoms. The largest absolute Gasteiger partial charge is 0.378 e. The van der Waals surface area contributed by atoms with Crippen LogP contribution in [-0.2, 0) is 13.6 Å². The third kappa shape index (κ3) is 4.66. The van der Waals surface area contributed by atoms with Gasteiger partial charge in [0, 0.05) is 37.6 Å². The zero-order valence-electron chi connectivity index (χ0n) is 18.2.